The zero-order valence-electron chi connectivity index (χ0n) is 12.0. The van der Waals surface area contributed by atoms with Crippen molar-refractivity contribution in [3.8, 4) is 0 Å². The third-order valence-electron chi connectivity index (χ3n) is 3.71. The second kappa shape index (κ2) is 6.56. The van der Waals surface area contributed by atoms with Crippen LogP contribution in [0.1, 0.15) is 32.3 Å². The lowest BCUT2D eigenvalue weighted by Crippen LogP contribution is -2.62. The minimum absolute atomic E-state index is 0.0793. The molecule has 6 heteroatoms. The molecule has 1 heterocycles. The van der Waals surface area contributed by atoms with Gasteiger partial charge in [-0.3, -0.25) is 9.59 Å². The minimum atomic E-state index is -0.468. The molecule has 114 valence electrons. The van der Waals surface area contributed by atoms with Crippen LogP contribution in [0.2, 0.25) is 0 Å². The highest BCUT2D eigenvalue weighted by Gasteiger charge is 2.38. The molecule has 1 aromatic carbocycles. The van der Waals surface area contributed by atoms with Gasteiger partial charge >= 0.3 is 0 Å². The first-order chi connectivity index (χ1) is 9.97. The Labute approximate surface area is 131 Å². The summed E-state index contributed by atoms with van der Waals surface area (Å²) in [4.78, 5) is 26.1. The van der Waals surface area contributed by atoms with Crippen LogP contribution in [0.3, 0.4) is 0 Å². The zero-order chi connectivity index (χ0) is 15.6. The van der Waals surface area contributed by atoms with Crippen LogP contribution in [0.5, 0.6) is 0 Å². The summed E-state index contributed by atoms with van der Waals surface area (Å²) in [6, 6.07) is 3.69. The van der Waals surface area contributed by atoms with Gasteiger partial charge in [0.05, 0.1) is 4.47 Å². The SMILES string of the molecule is CCC1NC(=O)C(CC)N(Cc2ccc(F)c(Br)c2)C1=O. The molecule has 4 nitrogen and oxygen atoms in total. The summed E-state index contributed by atoms with van der Waals surface area (Å²) >= 11 is 3.14. The first-order valence-electron chi connectivity index (χ1n) is 7.02. The average molecular weight is 357 g/mol. The quantitative estimate of drug-likeness (QED) is 0.901. The number of nitrogens with one attached hydrogen (secondary N) is 1. The van der Waals surface area contributed by atoms with Crippen LogP contribution in [0.25, 0.3) is 0 Å². The molecule has 0 radical (unpaired) electrons. The molecule has 2 atom stereocenters. The van der Waals surface area contributed by atoms with Crippen molar-refractivity contribution < 1.29 is 14.0 Å². The number of nitrogens with zero attached hydrogens (tertiary/aromatic N) is 1. The predicted octanol–water partition coefficient (Wildman–Crippen LogP) is 2.60. The lowest BCUT2D eigenvalue weighted by Gasteiger charge is -2.38. The number of carbonyl (C=O) groups excluding carboxylic acids is 2. The first kappa shape index (κ1) is 15.9. The second-order valence-corrected chi connectivity index (χ2v) is 5.96. The van der Waals surface area contributed by atoms with E-state index in [-0.39, 0.29) is 17.6 Å². The van der Waals surface area contributed by atoms with Crippen molar-refractivity contribution in [3.05, 3.63) is 34.1 Å². The fourth-order valence-electron chi connectivity index (χ4n) is 2.53. The standard InChI is InChI=1S/C15H18BrFN2O2/c1-3-12-15(21)19(13(4-2)14(20)18-12)8-9-5-6-11(17)10(16)7-9/h5-7,12-13H,3-4,8H2,1-2H3,(H,18,20). The molecule has 1 N–H and O–H groups in total. The number of halogens is 2. The molecule has 0 aromatic heterocycles. The highest BCUT2D eigenvalue weighted by Crippen LogP contribution is 2.22. The van der Waals surface area contributed by atoms with E-state index in [1.807, 2.05) is 13.8 Å². The van der Waals surface area contributed by atoms with Gasteiger partial charge in [-0.1, -0.05) is 19.9 Å². The van der Waals surface area contributed by atoms with Gasteiger partial charge < -0.3 is 10.2 Å². The van der Waals surface area contributed by atoms with Gasteiger partial charge in [0.25, 0.3) is 0 Å². The van der Waals surface area contributed by atoms with Gasteiger partial charge in [-0.2, -0.15) is 0 Å². The Bertz CT molecular complexity index is 565. The third-order valence-corrected chi connectivity index (χ3v) is 4.32. The minimum Gasteiger partial charge on any atom is -0.343 e. The van der Waals surface area contributed by atoms with Crippen LogP contribution >= 0.6 is 15.9 Å². The highest BCUT2D eigenvalue weighted by molar-refractivity contribution is 9.10. The molecule has 21 heavy (non-hydrogen) atoms. The molecule has 1 aliphatic rings. The molecular weight excluding hydrogens is 339 g/mol. The first-order valence-corrected chi connectivity index (χ1v) is 7.82. The average Bonchev–Trinajstić information content (AvgIpc) is 2.46. The van der Waals surface area contributed by atoms with E-state index in [0.717, 1.165) is 5.56 Å². The molecule has 0 bridgehead atoms. The fraction of sp³-hybridized carbons (Fsp3) is 0.467. The summed E-state index contributed by atoms with van der Waals surface area (Å²) in [6.07, 6.45) is 1.11. The molecule has 0 saturated carbocycles. The van der Waals surface area contributed by atoms with Crippen molar-refractivity contribution in [2.24, 2.45) is 0 Å². The van der Waals surface area contributed by atoms with Gasteiger partial charge in [-0.15, -0.1) is 0 Å². The maximum absolute atomic E-state index is 13.3. The van der Waals surface area contributed by atoms with Crippen molar-refractivity contribution >= 4 is 27.7 Å². The van der Waals surface area contributed by atoms with E-state index in [1.165, 1.54) is 6.07 Å². The zero-order valence-corrected chi connectivity index (χ0v) is 13.6. The molecule has 2 unspecified atom stereocenters. The lowest BCUT2D eigenvalue weighted by atomic mass is 10.0. The van der Waals surface area contributed by atoms with Gasteiger partial charge in [0, 0.05) is 6.54 Å². The summed E-state index contributed by atoms with van der Waals surface area (Å²) in [5, 5.41) is 2.75. The van der Waals surface area contributed by atoms with Crippen LogP contribution in [-0.4, -0.2) is 28.8 Å². The van der Waals surface area contributed by atoms with E-state index in [9.17, 15) is 14.0 Å². The number of benzene rings is 1. The lowest BCUT2D eigenvalue weighted by molar-refractivity contribution is -0.150. The molecule has 1 aliphatic heterocycles. The van der Waals surface area contributed by atoms with E-state index in [4.69, 9.17) is 0 Å². The summed E-state index contributed by atoms with van der Waals surface area (Å²) in [5.74, 6) is -0.547. The molecular formula is C15H18BrFN2O2. The topological polar surface area (TPSA) is 49.4 Å². The molecule has 2 rings (SSSR count). The Kier molecular flexibility index (Phi) is 4.98. The Morgan fingerprint density at radius 3 is 2.57 bits per heavy atom. The maximum Gasteiger partial charge on any atom is 0.246 e. The Balaban J connectivity index is 2.26. The number of piperazine rings is 1. The summed E-state index contributed by atoms with van der Waals surface area (Å²) in [5.41, 5.74) is 0.791. The van der Waals surface area contributed by atoms with Gasteiger partial charge in [0.2, 0.25) is 11.8 Å². The molecule has 1 saturated heterocycles. The number of rotatable bonds is 4. The number of hydrogen-bond acceptors (Lipinski definition) is 2. The van der Waals surface area contributed by atoms with E-state index in [1.54, 1.807) is 17.0 Å². The summed E-state index contributed by atoms with van der Waals surface area (Å²) in [6.45, 7) is 4.04. The van der Waals surface area contributed by atoms with Crippen molar-refractivity contribution in [2.45, 2.75) is 45.3 Å². The number of carbonyl (C=O) groups is 2. The van der Waals surface area contributed by atoms with Crippen molar-refractivity contribution in [3.63, 3.8) is 0 Å². The Morgan fingerprint density at radius 2 is 2.00 bits per heavy atom. The summed E-state index contributed by atoms with van der Waals surface area (Å²) in [7, 11) is 0. The molecule has 0 aliphatic carbocycles. The normalized spacial score (nSPS) is 22.4. The van der Waals surface area contributed by atoms with Crippen LogP contribution in [0.15, 0.2) is 22.7 Å². The third kappa shape index (κ3) is 3.26. The van der Waals surface area contributed by atoms with E-state index >= 15 is 0 Å². The van der Waals surface area contributed by atoms with Crippen molar-refractivity contribution in [2.75, 3.05) is 0 Å². The van der Waals surface area contributed by atoms with Gasteiger partial charge in [-0.05, 0) is 46.5 Å². The monoisotopic (exact) mass is 356 g/mol. The molecule has 2 amide bonds. The van der Waals surface area contributed by atoms with Gasteiger partial charge in [0.1, 0.15) is 17.9 Å². The Hall–Kier alpha value is -1.43. The highest BCUT2D eigenvalue weighted by atomic mass is 79.9. The smallest absolute Gasteiger partial charge is 0.246 e. The second-order valence-electron chi connectivity index (χ2n) is 5.11. The number of amides is 2. The summed E-state index contributed by atoms with van der Waals surface area (Å²) < 4.78 is 13.6. The van der Waals surface area contributed by atoms with Crippen molar-refractivity contribution in [1.82, 2.24) is 10.2 Å². The van der Waals surface area contributed by atoms with Crippen LogP contribution < -0.4 is 5.32 Å². The van der Waals surface area contributed by atoms with E-state index in [0.29, 0.717) is 23.9 Å². The van der Waals surface area contributed by atoms with Crippen LogP contribution in [0.4, 0.5) is 4.39 Å². The van der Waals surface area contributed by atoms with E-state index < -0.39 is 12.1 Å². The predicted molar refractivity (Wildman–Crippen MR) is 81.0 cm³/mol. The van der Waals surface area contributed by atoms with Gasteiger partial charge in [-0.25, -0.2) is 4.39 Å². The fourth-order valence-corrected chi connectivity index (χ4v) is 2.96. The largest absolute Gasteiger partial charge is 0.343 e. The maximum atomic E-state index is 13.3. The molecule has 1 aromatic rings. The molecule has 0 spiro atoms. The van der Waals surface area contributed by atoms with Crippen molar-refractivity contribution in [1.29, 1.82) is 0 Å². The van der Waals surface area contributed by atoms with Gasteiger partial charge in [0.15, 0.2) is 0 Å². The Morgan fingerprint density at radius 1 is 1.29 bits per heavy atom. The van der Waals surface area contributed by atoms with E-state index in [2.05, 4.69) is 21.2 Å². The molecule has 1 fully saturated rings. The van der Waals surface area contributed by atoms with Crippen LogP contribution in [-0.2, 0) is 16.1 Å². The number of hydrogen-bond donors (Lipinski definition) is 1. The van der Waals surface area contributed by atoms with Crippen LogP contribution in [0, 0.1) is 5.82 Å².